The van der Waals surface area contributed by atoms with E-state index in [0.717, 1.165) is 44.5 Å². The first-order valence-corrected chi connectivity index (χ1v) is 7.24. The molecule has 2 rings (SSSR count). The number of hydrogen-bond donors (Lipinski definition) is 1. The number of aryl methyl sites for hydroxylation is 1. The number of aliphatic hydroxyl groups is 1. The van der Waals surface area contributed by atoms with E-state index in [1.54, 1.807) is 7.11 Å². The van der Waals surface area contributed by atoms with Gasteiger partial charge in [0.15, 0.2) is 0 Å². The highest BCUT2D eigenvalue weighted by Gasteiger charge is 2.21. The summed E-state index contributed by atoms with van der Waals surface area (Å²) in [6.45, 7) is 4.23. The molecule has 1 aliphatic rings. The molecule has 0 unspecified atom stereocenters. The van der Waals surface area contributed by atoms with Gasteiger partial charge in [0.05, 0.1) is 13.2 Å². The second-order valence-corrected chi connectivity index (χ2v) is 5.53. The van der Waals surface area contributed by atoms with Crippen molar-refractivity contribution in [2.45, 2.75) is 44.8 Å². The number of nitrogens with zero attached hydrogens (tertiary/aromatic N) is 1. The summed E-state index contributed by atoms with van der Waals surface area (Å²) < 4.78 is 5.17. The molecule has 1 N–H and O–H groups in total. The Morgan fingerprint density at radius 3 is 2.74 bits per heavy atom. The van der Waals surface area contributed by atoms with Crippen LogP contribution in [0, 0.1) is 0 Å². The molecule has 3 nitrogen and oxygen atoms in total. The Hall–Kier alpha value is -1.06. The highest BCUT2D eigenvalue weighted by atomic mass is 16.5. The van der Waals surface area contributed by atoms with Gasteiger partial charge in [0.2, 0.25) is 0 Å². The van der Waals surface area contributed by atoms with Crippen LogP contribution in [-0.2, 0) is 6.42 Å². The zero-order valence-corrected chi connectivity index (χ0v) is 12.0. The number of rotatable bonds is 5. The summed E-state index contributed by atoms with van der Waals surface area (Å²) >= 11 is 0. The number of methoxy groups -OCH3 is 1. The average molecular weight is 263 g/mol. The molecule has 0 aromatic heterocycles. The lowest BCUT2D eigenvalue weighted by Crippen LogP contribution is -2.43. The van der Waals surface area contributed by atoms with Crippen LogP contribution in [0.15, 0.2) is 24.3 Å². The highest BCUT2D eigenvalue weighted by molar-refractivity contribution is 5.27. The van der Waals surface area contributed by atoms with Gasteiger partial charge < -0.3 is 9.84 Å². The van der Waals surface area contributed by atoms with Gasteiger partial charge in [-0.2, -0.15) is 0 Å². The highest BCUT2D eigenvalue weighted by Crippen LogP contribution is 2.17. The van der Waals surface area contributed by atoms with Gasteiger partial charge in [-0.25, -0.2) is 0 Å². The van der Waals surface area contributed by atoms with Gasteiger partial charge in [0, 0.05) is 12.6 Å². The summed E-state index contributed by atoms with van der Waals surface area (Å²) in [5.41, 5.74) is 1.35. The maximum atomic E-state index is 9.72. The van der Waals surface area contributed by atoms with Gasteiger partial charge in [-0.05, 0) is 56.8 Å². The third kappa shape index (κ3) is 4.22. The van der Waals surface area contributed by atoms with Gasteiger partial charge in [-0.3, -0.25) is 4.90 Å². The van der Waals surface area contributed by atoms with Crippen molar-refractivity contribution in [2.75, 3.05) is 20.2 Å². The molecule has 1 heterocycles. The van der Waals surface area contributed by atoms with E-state index in [1.165, 1.54) is 5.56 Å². The standard InChI is InChI=1S/C16H25NO2/c1-13(17-11-3-4-15(18)12-17)5-6-14-7-9-16(19-2)10-8-14/h7-10,13,15,18H,3-6,11-12H2,1-2H3/t13-,15+/m0/s1. The molecule has 0 amide bonds. The zero-order valence-electron chi connectivity index (χ0n) is 12.0. The van der Waals surface area contributed by atoms with Crippen LogP contribution in [0.4, 0.5) is 0 Å². The van der Waals surface area contributed by atoms with E-state index in [2.05, 4.69) is 24.0 Å². The number of β-amino-alcohol motifs (C(OH)–C–C–N with tert-alkyl or cyclic N) is 1. The smallest absolute Gasteiger partial charge is 0.118 e. The van der Waals surface area contributed by atoms with E-state index in [0.29, 0.717) is 6.04 Å². The van der Waals surface area contributed by atoms with Crippen LogP contribution in [0.2, 0.25) is 0 Å². The normalized spacial score (nSPS) is 22.2. The molecule has 0 bridgehead atoms. The molecule has 2 atom stereocenters. The lowest BCUT2D eigenvalue weighted by atomic mass is 10.0. The molecule has 1 aromatic rings. The molecule has 1 aliphatic heterocycles. The molecular formula is C16H25NO2. The van der Waals surface area contributed by atoms with E-state index in [-0.39, 0.29) is 6.10 Å². The molecule has 1 fully saturated rings. The second-order valence-electron chi connectivity index (χ2n) is 5.53. The molecular weight excluding hydrogens is 238 g/mol. The lowest BCUT2D eigenvalue weighted by Gasteiger charge is -2.34. The summed E-state index contributed by atoms with van der Waals surface area (Å²) in [4.78, 5) is 2.41. The Bertz CT molecular complexity index is 377. The van der Waals surface area contributed by atoms with Gasteiger partial charge in [0.1, 0.15) is 5.75 Å². The minimum Gasteiger partial charge on any atom is -0.497 e. The van der Waals surface area contributed by atoms with Crippen molar-refractivity contribution in [1.82, 2.24) is 4.90 Å². The van der Waals surface area contributed by atoms with Crippen molar-refractivity contribution < 1.29 is 9.84 Å². The lowest BCUT2D eigenvalue weighted by molar-refractivity contribution is 0.0487. The Kier molecular flexibility index (Phi) is 5.23. The third-order valence-corrected chi connectivity index (χ3v) is 4.06. The largest absolute Gasteiger partial charge is 0.497 e. The Morgan fingerprint density at radius 1 is 1.37 bits per heavy atom. The molecule has 1 saturated heterocycles. The second kappa shape index (κ2) is 6.92. The van der Waals surface area contributed by atoms with Crippen molar-refractivity contribution in [2.24, 2.45) is 0 Å². The SMILES string of the molecule is COc1ccc(CC[C@H](C)N2CCC[C@@H](O)C2)cc1. The molecule has 0 radical (unpaired) electrons. The van der Waals surface area contributed by atoms with Crippen LogP contribution in [0.1, 0.15) is 31.7 Å². The molecule has 106 valence electrons. The van der Waals surface area contributed by atoms with Crippen molar-refractivity contribution in [3.8, 4) is 5.75 Å². The number of hydrogen-bond acceptors (Lipinski definition) is 3. The summed E-state index contributed by atoms with van der Waals surface area (Å²) in [5.74, 6) is 0.913. The molecule has 19 heavy (non-hydrogen) atoms. The average Bonchev–Trinajstić information content (AvgIpc) is 2.45. The number of piperidine rings is 1. The van der Waals surface area contributed by atoms with E-state index in [4.69, 9.17) is 4.74 Å². The first-order chi connectivity index (χ1) is 9.19. The number of ether oxygens (including phenoxy) is 1. The number of likely N-dealkylation sites (tertiary alicyclic amines) is 1. The fraction of sp³-hybridized carbons (Fsp3) is 0.625. The zero-order chi connectivity index (χ0) is 13.7. The van der Waals surface area contributed by atoms with Crippen LogP contribution in [0.3, 0.4) is 0 Å². The topological polar surface area (TPSA) is 32.7 Å². The Balaban J connectivity index is 1.80. The van der Waals surface area contributed by atoms with E-state index in [1.807, 2.05) is 12.1 Å². The fourth-order valence-electron chi connectivity index (χ4n) is 2.73. The maximum absolute atomic E-state index is 9.72. The minimum atomic E-state index is -0.128. The quantitative estimate of drug-likeness (QED) is 0.886. The maximum Gasteiger partial charge on any atom is 0.118 e. The molecule has 0 spiro atoms. The summed E-state index contributed by atoms with van der Waals surface area (Å²) in [7, 11) is 1.69. The summed E-state index contributed by atoms with van der Waals surface area (Å²) in [5, 5.41) is 9.72. The Labute approximate surface area is 116 Å². The van der Waals surface area contributed by atoms with Crippen LogP contribution < -0.4 is 4.74 Å². The van der Waals surface area contributed by atoms with Crippen molar-refractivity contribution in [3.63, 3.8) is 0 Å². The molecule has 3 heteroatoms. The van der Waals surface area contributed by atoms with Gasteiger partial charge in [0.25, 0.3) is 0 Å². The molecule has 0 aliphatic carbocycles. The predicted molar refractivity (Wildman–Crippen MR) is 77.6 cm³/mol. The van der Waals surface area contributed by atoms with Crippen LogP contribution >= 0.6 is 0 Å². The van der Waals surface area contributed by atoms with Gasteiger partial charge in [-0.1, -0.05) is 12.1 Å². The van der Waals surface area contributed by atoms with Crippen LogP contribution in [0.25, 0.3) is 0 Å². The molecule has 0 saturated carbocycles. The van der Waals surface area contributed by atoms with E-state index < -0.39 is 0 Å². The summed E-state index contributed by atoms with van der Waals surface area (Å²) in [6, 6.07) is 8.85. The Morgan fingerprint density at radius 2 is 2.11 bits per heavy atom. The third-order valence-electron chi connectivity index (χ3n) is 4.06. The number of aliphatic hydroxyl groups excluding tert-OH is 1. The predicted octanol–water partition coefficient (Wildman–Crippen LogP) is 2.47. The van der Waals surface area contributed by atoms with Crippen LogP contribution in [-0.4, -0.2) is 42.4 Å². The van der Waals surface area contributed by atoms with E-state index in [9.17, 15) is 5.11 Å². The minimum absolute atomic E-state index is 0.128. The van der Waals surface area contributed by atoms with Crippen molar-refractivity contribution >= 4 is 0 Å². The first-order valence-electron chi connectivity index (χ1n) is 7.24. The summed E-state index contributed by atoms with van der Waals surface area (Å²) in [6.07, 6.45) is 4.17. The van der Waals surface area contributed by atoms with Gasteiger partial charge >= 0.3 is 0 Å². The number of benzene rings is 1. The van der Waals surface area contributed by atoms with Crippen LogP contribution in [0.5, 0.6) is 5.75 Å². The van der Waals surface area contributed by atoms with Crippen molar-refractivity contribution in [3.05, 3.63) is 29.8 Å². The fourth-order valence-corrected chi connectivity index (χ4v) is 2.73. The molecule has 1 aromatic carbocycles. The van der Waals surface area contributed by atoms with Gasteiger partial charge in [-0.15, -0.1) is 0 Å². The van der Waals surface area contributed by atoms with Crippen molar-refractivity contribution in [1.29, 1.82) is 0 Å². The first kappa shape index (κ1) is 14.4. The monoisotopic (exact) mass is 263 g/mol. The van der Waals surface area contributed by atoms with E-state index >= 15 is 0 Å².